The normalized spacial score (nSPS) is 13.0. The molecule has 2 aliphatic carbocycles. The Morgan fingerprint density at radius 3 is 1.54 bits per heavy atom. The molecule has 320 valence electrons. The molecule has 69 heavy (non-hydrogen) atoms. The van der Waals surface area contributed by atoms with Crippen molar-refractivity contribution < 1.29 is 8.83 Å². The second-order valence-corrected chi connectivity index (χ2v) is 18.2. The van der Waals surface area contributed by atoms with Crippen LogP contribution in [-0.2, 0) is 5.41 Å². The van der Waals surface area contributed by atoms with E-state index in [1.165, 1.54) is 50.1 Å². The lowest BCUT2D eigenvalue weighted by atomic mass is 9.70. The molecule has 0 N–H and O–H groups in total. The van der Waals surface area contributed by atoms with Crippen molar-refractivity contribution in [3.8, 4) is 78.7 Å². The van der Waals surface area contributed by atoms with Crippen molar-refractivity contribution in [3.05, 3.63) is 247 Å². The molecule has 0 fully saturated rings. The van der Waals surface area contributed by atoms with Crippen molar-refractivity contribution in [2.24, 2.45) is 0 Å². The van der Waals surface area contributed by atoms with Gasteiger partial charge < -0.3 is 8.83 Å². The summed E-state index contributed by atoms with van der Waals surface area (Å²) >= 11 is 0. The van der Waals surface area contributed by atoms with Crippen LogP contribution in [0.15, 0.2) is 233 Å². The van der Waals surface area contributed by atoms with Gasteiger partial charge in [0.1, 0.15) is 22.3 Å². The molecule has 2 aliphatic rings. The third-order valence-electron chi connectivity index (χ3n) is 14.6. The monoisotopic (exact) mass is 879 g/mol. The van der Waals surface area contributed by atoms with Crippen LogP contribution in [0.4, 0.5) is 0 Å². The van der Waals surface area contributed by atoms with E-state index >= 15 is 0 Å². The molecule has 0 radical (unpaired) electrons. The quantitative estimate of drug-likeness (QED) is 0.172. The van der Waals surface area contributed by atoms with Gasteiger partial charge >= 0.3 is 0 Å². The molecule has 15 rings (SSSR count). The van der Waals surface area contributed by atoms with E-state index < -0.39 is 0 Å². The minimum Gasteiger partial charge on any atom is -0.456 e. The van der Waals surface area contributed by atoms with Gasteiger partial charge in [-0.25, -0.2) is 15.0 Å². The number of nitrogens with zero attached hydrogens (tertiary/aromatic N) is 3. The van der Waals surface area contributed by atoms with Crippen LogP contribution in [0.2, 0.25) is 0 Å². The lowest BCUT2D eigenvalue weighted by Gasteiger charge is -2.30. The third-order valence-corrected chi connectivity index (χ3v) is 14.6. The highest BCUT2D eigenvalue weighted by Gasteiger charge is 2.51. The number of rotatable bonds is 5. The highest BCUT2D eigenvalue weighted by atomic mass is 16.3. The molecule has 10 aromatic carbocycles. The molecule has 0 aliphatic heterocycles. The Bertz CT molecular complexity index is 4230. The average molecular weight is 880 g/mol. The summed E-state index contributed by atoms with van der Waals surface area (Å²) in [7, 11) is 0. The van der Waals surface area contributed by atoms with Crippen LogP contribution < -0.4 is 0 Å². The van der Waals surface area contributed by atoms with Gasteiger partial charge in [-0.2, -0.15) is 0 Å². The van der Waals surface area contributed by atoms with E-state index in [2.05, 4.69) is 152 Å². The minimum absolute atomic E-state index is 0.365. The number of fused-ring (bicyclic) bond motifs is 16. The summed E-state index contributed by atoms with van der Waals surface area (Å²) in [5.74, 6) is 1.67. The van der Waals surface area contributed by atoms with Crippen molar-refractivity contribution in [3.63, 3.8) is 0 Å². The topological polar surface area (TPSA) is 65.0 Å². The van der Waals surface area contributed by atoms with Crippen LogP contribution in [0.25, 0.3) is 123 Å². The number of benzene rings is 10. The van der Waals surface area contributed by atoms with E-state index in [0.717, 1.165) is 77.3 Å². The van der Waals surface area contributed by atoms with Crippen molar-refractivity contribution in [1.82, 2.24) is 15.0 Å². The molecule has 13 aromatic rings. The van der Waals surface area contributed by atoms with Gasteiger partial charge in [-0.05, 0) is 109 Å². The van der Waals surface area contributed by atoms with Crippen molar-refractivity contribution in [1.29, 1.82) is 0 Å². The van der Waals surface area contributed by atoms with E-state index in [-0.39, 0.29) is 5.41 Å². The summed E-state index contributed by atoms with van der Waals surface area (Å²) in [6.07, 6.45) is 0. The number of hydrogen-bond acceptors (Lipinski definition) is 5. The summed E-state index contributed by atoms with van der Waals surface area (Å²) in [5.41, 5.74) is 20.4. The first kappa shape index (κ1) is 38.0. The second kappa shape index (κ2) is 14.4. The van der Waals surface area contributed by atoms with Gasteiger partial charge in [-0.1, -0.05) is 182 Å². The van der Waals surface area contributed by atoms with E-state index in [0.29, 0.717) is 17.5 Å². The molecular weight excluding hydrogens is 843 g/mol. The number of para-hydroxylation sites is 2. The Labute approximate surface area is 396 Å². The maximum atomic E-state index is 6.59. The van der Waals surface area contributed by atoms with Crippen LogP contribution >= 0.6 is 0 Å². The fraction of sp³-hybridized carbons (Fsp3) is 0.0156. The van der Waals surface area contributed by atoms with Crippen molar-refractivity contribution in [2.75, 3.05) is 0 Å². The lowest BCUT2D eigenvalue weighted by molar-refractivity contribution is 0.668. The molecule has 0 saturated heterocycles. The van der Waals surface area contributed by atoms with Crippen LogP contribution in [-0.4, -0.2) is 15.0 Å². The Morgan fingerprint density at radius 1 is 0.275 bits per heavy atom. The molecule has 3 aromatic heterocycles. The Balaban J connectivity index is 0.860. The molecule has 0 atom stereocenters. The highest BCUT2D eigenvalue weighted by molar-refractivity contribution is 6.13. The molecule has 3 heterocycles. The zero-order chi connectivity index (χ0) is 45.2. The van der Waals surface area contributed by atoms with Crippen LogP contribution in [0.1, 0.15) is 22.3 Å². The Kier molecular flexibility index (Phi) is 7.93. The van der Waals surface area contributed by atoms with Crippen molar-refractivity contribution >= 4 is 43.9 Å². The maximum absolute atomic E-state index is 6.59. The van der Waals surface area contributed by atoms with Crippen LogP contribution in [0.5, 0.6) is 0 Å². The van der Waals surface area contributed by atoms with Gasteiger partial charge in [0.2, 0.25) is 0 Å². The SMILES string of the molecule is c1ccc(-c2nc(-c3cccc4c3oc3ccccc34)nc(-c3cccc4oc5ccc(-c6cccc(-c7ccc8c(c7)-c7ccccc7C87c8ccccc8-c8ccccc87)c6)cc5c34)n2)cc1. The highest BCUT2D eigenvalue weighted by Crippen LogP contribution is 2.63. The van der Waals surface area contributed by atoms with Crippen molar-refractivity contribution in [2.45, 2.75) is 5.41 Å². The molecule has 5 nitrogen and oxygen atoms in total. The molecule has 0 amide bonds. The van der Waals surface area contributed by atoms with E-state index in [1.54, 1.807) is 0 Å². The van der Waals surface area contributed by atoms with Gasteiger partial charge in [0.25, 0.3) is 0 Å². The van der Waals surface area contributed by atoms with E-state index in [1.807, 2.05) is 72.8 Å². The average Bonchev–Trinajstić information content (AvgIpc) is 4.16. The molecule has 5 heteroatoms. The molecule has 0 unspecified atom stereocenters. The predicted octanol–water partition coefficient (Wildman–Crippen LogP) is 16.3. The molecular formula is C64H37N3O2. The standard InChI is InChI=1S/C64H37N3O2/c1-2-15-38(16-3-1)61-65-62(67-63(66-61)49-25-13-23-47-46-22-7-11-29-56(46)69-60(47)49)48-24-14-30-58-59(48)51-37-42(32-34-57(51)68-58)40-18-12-17-39(35-40)41-31-33-55-50(36-41)45-21-6-10-28-54(45)64(55)52-26-8-4-19-43(52)44-20-5-9-27-53(44)64/h1-37H. The maximum Gasteiger partial charge on any atom is 0.167 e. The first-order chi connectivity index (χ1) is 34.2. The van der Waals surface area contributed by atoms with Gasteiger partial charge in [-0.15, -0.1) is 0 Å². The van der Waals surface area contributed by atoms with Crippen LogP contribution in [0.3, 0.4) is 0 Å². The summed E-state index contributed by atoms with van der Waals surface area (Å²) in [5, 5.41) is 4.01. The number of furan rings is 2. The fourth-order valence-corrected chi connectivity index (χ4v) is 11.6. The zero-order valence-corrected chi connectivity index (χ0v) is 37.0. The second-order valence-electron chi connectivity index (χ2n) is 18.2. The van der Waals surface area contributed by atoms with E-state index in [9.17, 15) is 0 Å². The Morgan fingerprint density at radius 2 is 0.768 bits per heavy atom. The summed E-state index contributed by atoms with van der Waals surface area (Å²) in [6.45, 7) is 0. The first-order valence-electron chi connectivity index (χ1n) is 23.4. The third kappa shape index (κ3) is 5.44. The number of aromatic nitrogens is 3. The Hall–Kier alpha value is -9.19. The minimum atomic E-state index is -0.365. The number of hydrogen-bond donors (Lipinski definition) is 0. The molecule has 0 bridgehead atoms. The zero-order valence-electron chi connectivity index (χ0n) is 37.0. The van der Waals surface area contributed by atoms with E-state index in [4.69, 9.17) is 23.8 Å². The first-order valence-corrected chi connectivity index (χ1v) is 23.4. The molecule has 1 spiro atoms. The summed E-state index contributed by atoms with van der Waals surface area (Å²) in [4.78, 5) is 15.5. The van der Waals surface area contributed by atoms with Crippen LogP contribution in [0, 0.1) is 0 Å². The lowest BCUT2D eigenvalue weighted by Crippen LogP contribution is -2.25. The predicted molar refractivity (Wildman–Crippen MR) is 278 cm³/mol. The summed E-state index contributed by atoms with van der Waals surface area (Å²) in [6, 6.07) is 79.9. The van der Waals surface area contributed by atoms with Gasteiger partial charge in [0.05, 0.1) is 11.0 Å². The van der Waals surface area contributed by atoms with Gasteiger partial charge in [0.15, 0.2) is 17.5 Å². The fourth-order valence-electron chi connectivity index (χ4n) is 11.6. The smallest absolute Gasteiger partial charge is 0.167 e. The van der Waals surface area contributed by atoms with Gasteiger partial charge in [-0.3, -0.25) is 0 Å². The van der Waals surface area contributed by atoms with Gasteiger partial charge in [0, 0.05) is 32.7 Å². The largest absolute Gasteiger partial charge is 0.456 e. The summed E-state index contributed by atoms with van der Waals surface area (Å²) < 4.78 is 13.1. The molecule has 0 saturated carbocycles.